The maximum Gasteiger partial charge on any atom is 0.511 e. The van der Waals surface area contributed by atoms with Crippen molar-refractivity contribution in [2.24, 2.45) is 0 Å². The normalized spacial score (nSPS) is 9.30. The van der Waals surface area contributed by atoms with E-state index in [1.54, 1.807) is 6.92 Å². The van der Waals surface area contributed by atoms with Crippen LogP contribution in [0.2, 0.25) is 0 Å². The van der Waals surface area contributed by atoms with Crippen molar-refractivity contribution in [1.82, 2.24) is 5.16 Å². The smallest absolute Gasteiger partial charge is 0.449 e. The van der Waals surface area contributed by atoms with Gasteiger partial charge in [-0.05, 0) is 0 Å². The topological polar surface area (TPSA) is 72.6 Å². The Morgan fingerprint density at radius 2 is 2.60 bits per heavy atom. The highest BCUT2D eigenvalue weighted by atomic mass is 16.7. The van der Waals surface area contributed by atoms with Crippen LogP contribution < -0.4 is 4.74 Å². The zero-order chi connectivity index (χ0) is 7.56. The molecule has 0 bridgehead atoms. The largest absolute Gasteiger partial charge is 0.511 e. The second kappa shape index (κ2) is 2.38. The van der Waals surface area contributed by atoms with Gasteiger partial charge in [0.1, 0.15) is 6.20 Å². The Kier molecular flexibility index (Phi) is 1.57. The van der Waals surface area contributed by atoms with Crippen LogP contribution in [0.3, 0.4) is 0 Å². The lowest BCUT2D eigenvalue weighted by molar-refractivity contribution is 0.143. The van der Waals surface area contributed by atoms with Gasteiger partial charge in [0.05, 0.1) is 0 Å². The minimum atomic E-state index is -1.37. The number of ether oxygens (including phenoxy) is 1. The van der Waals surface area contributed by atoms with Gasteiger partial charge in [-0.3, -0.25) is 0 Å². The molecule has 1 rings (SSSR count). The van der Waals surface area contributed by atoms with Gasteiger partial charge < -0.3 is 14.4 Å². The van der Waals surface area contributed by atoms with Crippen molar-refractivity contribution in [1.29, 1.82) is 0 Å². The van der Waals surface area contributed by atoms with Gasteiger partial charge in [-0.1, -0.05) is 5.16 Å². The van der Waals surface area contributed by atoms with Crippen LogP contribution in [0.4, 0.5) is 4.79 Å². The fourth-order valence-corrected chi connectivity index (χ4v) is 0.481. The number of aryl methyl sites for hydroxylation is 1. The van der Waals surface area contributed by atoms with Crippen LogP contribution >= 0.6 is 0 Å². The van der Waals surface area contributed by atoms with Gasteiger partial charge in [-0.15, -0.1) is 0 Å². The lowest BCUT2D eigenvalue weighted by Crippen LogP contribution is -2.02. The maximum atomic E-state index is 9.93. The first-order valence-electron chi connectivity index (χ1n) is 2.52. The summed E-state index contributed by atoms with van der Waals surface area (Å²) in [6.07, 6.45) is -0.171. The monoisotopic (exact) mass is 143 g/mol. The first kappa shape index (κ1) is 6.60. The lowest BCUT2D eigenvalue weighted by Gasteiger charge is -1.91. The molecule has 0 saturated heterocycles. The van der Waals surface area contributed by atoms with Crippen molar-refractivity contribution >= 4 is 6.16 Å². The molecule has 5 heteroatoms. The molecule has 0 aliphatic rings. The van der Waals surface area contributed by atoms with Crippen LogP contribution in [0, 0.1) is 6.92 Å². The van der Waals surface area contributed by atoms with Gasteiger partial charge in [-0.25, -0.2) is 4.79 Å². The van der Waals surface area contributed by atoms with E-state index in [9.17, 15) is 4.79 Å². The molecule has 0 spiro atoms. The number of hydrogen-bond acceptors (Lipinski definition) is 4. The third kappa shape index (κ3) is 1.25. The van der Waals surface area contributed by atoms with Crippen LogP contribution in [0.15, 0.2) is 10.7 Å². The number of hydrogen-bond donors (Lipinski definition) is 1. The van der Waals surface area contributed by atoms with Crippen molar-refractivity contribution in [3.05, 3.63) is 12.0 Å². The maximum absolute atomic E-state index is 9.93. The Bertz CT molecular complexity index is 242. The van der Waals surface area contributed by atoms with Crippen LogP contribution in [0.1, 0.15) is 5.76 Å². The number of nitrogens with zero attached hydrogens (tertiary/aromatic N) is 1. The molecular formula is C5H5NO4. The number of carbonyl (C=O) groups is 1. The highest BCUT2D eigenvalue weighted by Crippen LogP contribution is 2.14. The van der Waals surface area contributed by atoms with Crippen molar-refractivity contribution in [3.63, 3.8) is 0 Å². The number of rotatable bonds is 1. The van der Waals surface area contributed by atoms with E-state index >= 15 is 0 Å². The third-order valence-corrected chi connectivity index (χ3v) is 0.904. The third-order valence-electron chi connectivity index (χ3n) is 0.904. The van der Waals surface area contributed by atoms with Gasteiger partial charge in [-0.2, -0.15) is 0 Å². The quantitative estimate of drug-likeness (QED) is 0.594. The van der Waals surface area contributed by atoms with Gasteiger partial charge in [0.25, 0.3) is 0 Å². The molecule has 0 fully saturated rings. The summed E-state index contributed by atoms with van der Waals surface area (Å²) >= 11 is 0. The molecule has 5 nitrogen and oxygen atoms in total. The second-order valence-corrected chi connectivity index (χ2v) is 1.61. The molecule has 0 saturated carbocycles. The Morgan fingerprint density at radius 3 is 3.00 bits per heavy atom. The number of aromatic nitrogens is 1. The van der Waals surface area contributed by atoms with E-state index in [0.29, 0.717) is 5.76 Å². The van der Waals surface area contributed by atoms with Crippen LogP contribution in [-0.4, -0.2) is 16.4 Å². The van der Waals surface area contributed by atoms with Crippen molar-refractivity contribution in [2.75, 3.05) is 0 Å². The second-order valence-electron chi connectivity index (χ2n) is 1.61. The molecular weight excluding hydrogens is 138 g/mol. The lowest BCUT2D eigenvalue weighted by atomic mass is 10.5. The Balaban J connectivity index is 2.74. The summed E-state index contributed by atoms with van der Waals surface area (Å²) in [5.74, 6) is 0.481. The van der Waals surface area contributed by atoms with E-state index in [1.807, 2.05) is 0 Å². The SMILES string of the molecule is Cc1oncc1OC(=O)O. The van der Waals surface area contributed by atoms with E-state index in [-0.39, 0.29) is 5.75 Å². The van der Waals surface area contributed by atoms with Crippen molar-refractivity contribution < 1.29 is 19.2 Å². The Morgan fingerprint density at radius 1 is 1.90 bits per heavy atom. The minimum Gasteiger partial charge on any atom is -0.449 e. The highest BCUT2D eigenvalue weighted by molar-refractivity contribution is 5.61. The Labute approximate surface area is 56.2 Å². The summed E-state index contributed by atoms with van der Waals surface area (Å²) in [5.41, 5.74) is 0. The molecule has 0 aliphatic heterocycles. The van der Waals surface area contributed by atoms with Crippen molar-refractivity contribution in [3.8, 4) is 5.75 Å². The standard InChI is InChI=1S/C5H5NO4/c1-3-4(2-6-10-3)9-5(7)8/h2H,1H3,(H,7,8). The van der Waals surface area contributed by atoms with E-state index in [1.165, 1.54) is 6.20 Å². The first-order valence-corrected chi connectivity index (χ1v) is 2.52. The Hall–Kier alpha value is -1.52. The molecule has 0 amide bonds. The zero-order valence-electron chi connectivity index (χ0n) is 5.20. The number of carboxylic acid groups (broad SMARTS) is 1. The summed E-state index contributed by atoms with van der Waals surface area (Å²) in [6.45, 7) is 1.56. The molecule has 0 unspecified atom stereocenters. The summed E-state index contributed by atoms with van der Waals surface area (Å²) in [4.78, 5) is 9.93. The van der Waals surface area contributed by atoms with E-state index in [4.69, 9.17) is 5.11 Å². The van der Waals surface area contributed by atoms with Gasteiger partial charge in [0.2, 0.25) is 0 Å². The zero-order valence-corrected chi connectivity index (χ0v) is 5.20. The predicted octanol–water partition coefficient (Wildman–Crippen LogP) is 1.04. The van der Waals surface area contributed by atoms with E-state index in [2.05, 4.69) is 14.4 Å². The molecule has 10 heavy (non-hydrogen) atoms. The minimum absolute atomic E-state index is 0.132. The summed E-state index contributed by atoms with van der Waals surface area (Å²) in [7, 11) is 0. The molecule has 0 atom stereocenters. The van der Waals surface area contributed by atoms with Crippen LogP contribution in [0.25, 0.3) is 0 Å². The molecule has 1 N–H and O–H groups in total. The molecule has 54 valence electrons. The molecule has 0 aliphatic carbocycles. The highest BCUT2D eigenvalue weighted by Gasteiger charge is 2.07. The van der Waals surface area contributed by atoms with Gasteiger partial charge in [0.15, 0.2) is 11.5 Å². The predicted molar refractivity (Wildman–Crippen MR) is 29.9 cm³/mol. The van der Waals surface area contributed by atoms with Gasteiger partial charge >= 0.3 is 6.16 Å². The van der Waals surface area contributed by atoms with Gasteiger partial charge in [0, 0.05) is 6.92 Å². The van der Waals surface area contributed by atoms with Crippen LogP contribution in [0.5, 0.6) is 5.75 Å². The fraction of sp³-hybridized carbons (Fsp3) is 0.200. The molecule has 1 aromatic heterocycles. The summed E-state index contributed by atoms with van der Waals surface area (Å²) in [6, 6.07) is 0. The average Bonchev–Trinajstić information content (AvgIpc) is 2.15. The van der Waals surface area contributed by atoms with Crippen LogP contribution in [-0.2, 0) is 0 Å². The summed E-state index contributed by atoms with van der Waals surface area (Å²) in [5, 5.41) is 11.4. The molecule has 1 heterocycles. The molecule has 0 radical (unpaired) electrons. The summed E-state index contributed by atoms with van der Waals surface area (Å²) < 4.78 is 8.77. The van der Waals surface area contributed by atoms with E-state index in [0.717, 1.165) is 0 Å². The average molecular weight is 143 g/mol. The fourth-order valence-electron chi connectivity index (χ4n) is 0.481. The van der Waals surface area contributed by atoms with E-state index < -0.39 is 6.16 Å². The molecule has 1 aromatic rings. The first-order chi connectivity index (χ1) is 4.70. The molecule has 0 aromatic carbocycles. The van der Waals surface area contributed by atoms with Crippen molar-refractivity contribution in [2.45, 2.75) is 6.92 Å².